The molecule has 1 saturated carbocycles. The Labute approximate surface area is 135 Å². The van der Waals surface area contributed by atoms with Gasteiger partial charge in [-0.15, -0.1) is 0 Å². The fraction of sp³-hybridized carbons (Fsp3) is 0.875. The molecule has 0 spiro atoms. The van der Waals surface area contributed by atoms with Gasteiger partial charge in [-0.2, -0.15) is 8.78 Å². The summed E-state index contributed by atoms with van der Waals surface area (Å²) in [4.78, 5) is 22.7. The number of nitrogens with one attached hydrogen (secondary N) is 1. The maximum absolute atomic E-state index is 14.1. The molecule has 0 amide bonds. The molecule has 1 rings (SSSR count). The highest BCUT2D eigenvalue weighted by Gasteiger charge is 2.50. The molecular weight excluding hydrogens is 308 g/mol. The first-order valence-electron chi connectivity index (χ1n) is 8.36. The molecule has 23 heavy (non-hydrogen) atoms. The Balaban J connectivity index is 2.66. The van der Waals surface area contributed by atoms with Crippen LogP contribution in [0.5, 0.6) is 0 Å². The first-order chi connectivity index (χ1) is 10.8. The number of carboxylic acids is 1. The lowest BCUT2D eigenvalue weighted by Gasteiger charge is -2.34. The van der Waals surface area contributed by atoms with Gasteiger partial charge in [0.15, 0.2) is 0 Å². The molecule has 0 heterocycles. The van der Waals surface area contributed by atoms with Crippen molar-refractivity contribution >= 4 is 11.9 Å². The number of rotatable bonds is 9. The quantitative estimate of drug-likeness (QED) is 0.634. The third-order valence-electron chi connectivity index (χ3n) is 4.32. The van der Waals surface area contributed by atoms with E-state index in [0.29, 0.717) is 19.3 Å². The third kappa shape index (κ3) is 5.71. The summed E-state index contributed by atoms with van der Waals surface area (Å²) in [6, 6.07) is -1.04. The average molecular weight is 335 g/mol. The molecule has 1 fully saturated rings. The van der Waals surface area contributed by atoms with Crippen LogP contribution in [0.1, 0.15) is 58.8 Å². The summed E-state index contributed by atoms with van der Waals surface area (Å²) in [6.07, 6.45) is 3.63. The number of carboxylic acid groups (broad SMARTS) is 1. The molecular formula is C16H27F2NO4. The summed E-state index contributed by atoms with van der Waals surface area (Å²) < 4.78 is 32.8. The van der Waals surface area contributed by atoms with Crippen molar-refractivity contribution in [2.45, 2.75) is 76.8 Å². The number of carbonyl (C=O) groups excluding carboxylic acids is 1. The average Bonchev–Trinajstić information content (AvgIpc) is 2.51. The maximum atomic E-state index is 14.1. The number of alkyl halides is 2. The molecule has 0 aromatic carbocycles. The van der Waals surface area contributed by atoms with Crippen LogP contribution in [-0.4, -0.2) is 41.7 Å². The number of carbonyl (C=O) groups is 2. The zero-order valence-corrected chi connectivity index (χ0v) is 13.8. The highest BCUT2D eigenvalue weighted by molar-refractivity contribution is 5.78. The van der Waals surface area contributed by atoms with Gasteiger partial charge in [0.05, 0.1) is 6.61 Å². The largest absolute Gasteiger partial charge is 0.480 e. The predicted octanol–water partition coefficient (Wildman–Crippen LogP) is 2.98. The molecule has 0 aromatic rings. The second-order valence-electron chi connectivity index (χ2n) is 6.10. The zero-order valence-electron chi connectivity index (χ0n) is 13.8. The van der Waals surface area contributed by atoms with Gasteiger partial charge >= 0.3 is 17.9 Å². The molecule has 7 heteroatoms. The van der Waals surface area contributed by atoms with Crippen molar-refractivity contribution in [2.75, 3.05) is 6.61 Å². The van der Waals surface area contributed by atoms with Gasteiger partial charge in [-0.1, -0.05) is 26.2 Å². The van der Waals surface area contributed by atoms with E-state index in [4.69, 9.17) is 0 Å². The van der Waals surface area contributed by atoms with E-state index >= 15 is 0 Å². The number of esters is 1. The highest BCUT2D eigenvalue weighted by atomic mass is 19.3. The minimum Gasteiger partial charge on any atom is -0.480 e. The normalized spacial score (nSPS) is 23.3. The van der Waals surface area contributed by atoms with Gasteiger partial charge in [0, 0.05) is 12.0 Å². The molecule has 0 bridgehead atoms. The number of hydrogen-bond donors (Lipinski definition) is 2. The molecule has 3 atom stereocenters. The first kappa shape index (κ1) is 19.8. The summed E-state index contributed by atoms with van der Waals surface area (Å²) >= 11 is 0. The summed E-state index contributed by atoms with van der Waals surface area (Å²) in [6.45, 7) is 3.38. The molecule has 3 unspecified atom stereocenters. The monoisotopic (exact) mass is 335 g/mol. The van der Waals surface area contributed by atoms with E-state index in [0.717, 1.165) is 12.8 Å². The Morgan fingerprint density at radius 1 is 1.35 bits per heavy atom. The number of unbranched alkanes of at least 4 members (excludes halogenated alkanes) is 1. The van der Waals surface area contributed by atoms with Crippen molar-refractivity contribution < 1.29 is 28.2 Å². The Morgan fingerprint density at radius 2 is 2.04 bits per heavy atom. The second-order valence-corrected chi connectivity index (χ2v) is 6.10. The van der Waals surface area contributed by atoms with E-state index in [9.17, 15) is 23.5 Å². The van der Waals surface area contributed by atoms with Gasteiger partial charge in [-0.25, -0.2) is 4.79 Å². The van der Waals surface area contributed by atoms with Crippen LogP contribution in [-0.2, 0) is 14.3 Å². The number of ether oxygens (including phenoxy) is 1. The van der Waals surface area contributed by atoms with Crippen LogP contribution in [0.25, 0.3) is 0 Å². The van der Waals surface area contributed by atoms with Gasteiger partial charge in [-0.3, -0.25) is 4.79 Å². The van der Waals surface area contributed by atoms with E-state index in [1.165, 1.54) is 6.92 Å². The lowest BCUT2D eigenvalue weighted by molar-refractivity contribution is -0.182. The van der Waals surface area contributed by atoms with Gasteiger partial charge in [0.2, 0.25) is 0 Å². The fourth-order valence-electron chi connectivity index (χ4n) is 3.04. The van der Waals surface area contributed by atoms with Gasteiger partial charge in [0.1, 0.15) is 6.04 Å². The topological polar surface area (TPSA) is 75.6 Å². The molecule has 134 valence electrons. The number of aliphatic carboxylic acids is 1. The van der Waals surface area contributed by atoms with Crippen LogP contribution in [0.4, 0.5) is 8.78 Å². The van der Waals surface area contributed by atoms with E-state index in [2.05, 4.69) is 10.1 Å². The molecule has 1 aliphatic rings. The Hall–Kier alpha value is -1.24. The fourth-order valence-corrected chi connectivity index (χ4v) is 3.04. The van der Waals surface area contributed by atoms with Gasteiger partial charge < -0.3 is 15.2 Å². The van der Waals surface area contributed by atoms with Crippen LogP contribution < -0.4 is 5.32 Å². The van der Waals surface area contributed by atoms with Gasteiger partial charge in [-0.05, 0) is 32.6 Å². The summed E-state index contributed by atoms with van der Waals surface area (Å²) in [5.41, 5.74) is 0. The number of hydrogen-bond acceptors (Lipinski definition) is 4. The summed E-state index contributed by atoms with van der Waals surface area (Å²) in [7, 11) is 0. The van der Waals surface area contributed by atoms with E-state index < -0.39 is 29.8 Å². The SMILES string of the molecule is CCCCC(NC1CCCC(C(F)(F)C(=O)OCC)C1)C(=O)O. The molecule has 2 N–H and O–H groups in total. The van der Waals surface area contributed by atoms with Crippen molar-refractivity contribution in [3.8, 4) is 0 Å². The van der Waals surface area contributed by atoms with Crippen molar-refractivity contribution in [1.82, 2.24) is 5.32 Å². The standard InChI is InChI=1S/C16H27F2NO4/c1-3-5-9-13(14(20)21)19-12-8-6-7-11(10-12)16(17,18)15(22)23-4-2/h11-13,19H,3-10H2,1-2H3,(H,20,21). The van der Waals surface area contributed by atoms with E-state index in [-0.39, 0.29) is 25.5 Å². The van der Waals surface area contributed by atoms with Crippen LogP contribution >= 0.6 is 0 Å². The second kappa shape index (κ2) is 9.15. The predicted molar refractivity (Wildman–Crippen MR) is 81.4 cm³/mol. The summed E-state index contributed by atoms with van der Waals surface area (Å²) in [5, 5.41) is 12.2. The smallest absolute Gasteiger partial charge is 0.377 e. The Morgan fingerprint density at radius 3 is 2.61 bits per heavy atom. The van der Waals surface area contributed by atoms with Crippen LogP contribution in [0.15, 0.2) is 0 Å². The van der Waals surface area contributed by atoms with E-state index in [1.807, 2.05) is 6.92 Å². The van der Waals surface area contributed by atoms with Crippen molar-refractivity contribution in [3.05, 3.63) is 0 Å². The Bertz CT molecular complexity index is 404. The van der Waals surface area contributed by atoms with Crippen molar-refractivity contribution in [3.63, 3.8) is 0 Å². The zero-order chi connectivity index (χ0) is 17.5. The minimum atomic E-state index is -3.52. The third-order valence-corrected chi connectivity index (χ3v) is 4.32. The molecule has 1 aliphatic carbocycles. The van der Waals surface area contributed by atoms with Gasteiger partial charge in [0.25, 0.3) is 0 Å². The lowest BCUT2D eigenvalue weighted by Crippen LogP contribution is -2.49. The maximum Gasteiger partial charge on any atom is 0.377 e. The lowest BCUT2D eigenvalue weighted by atomic mass is 9.81. The molecule has 0 aromatic heterocycles. The Kier molecular flexibility index (Phi) is 7.88. The number of halogens is 2. The summed E-state index contributed by atoms with van der Waals surface area (Å²) in [5.74, 6) is -7.06. The molecule has 0 radical (unpaired) electrons. The van der Waals surface area contributed by atoms with E-state index in [1.54, 1.807) is 0 Å². The molecule has 0 aliphatic heterocycles. The first-order valence-corrected chi connectivity index (χ1v) is 8.36. The van der Waals surface area contributed by atoms with Crippen molar-refractivity contribution in [2.24, 2.45) is 5.92 Å². The van der Waals surface area contributed by atoms with Crippen molar-refractivity contribution in [1.29, 1.82) is 0 Å². The van der Waals surface area contributed by atoms with Crippen LogP contribution in [0, 0.1) is 5.92 Å². The van der Waals surface area contributed by atoms with Crippen LogP contribution in [0.3, 0.4) is 0 Å². The minimum absolute atomic E-state index is 0.0824. The molecule has 5 nitrogen and oxygen atoms in total. The van der Waals surface area contributed by atoms with Crippen LogP contribution in [0.2, 0.25) is 0 Å². The highest BCUT2D eigenvalue weighted by Crippen LogP contribution is 2.37. The molecule has 0 saturated heterocycles.